The molecular weight excluding hydrogens is 208 g/mol. The first-order chi connectivity index (χ1) is 7.70. The highest BCUT2D eigenvalue weighted by molar-refractivity contribution is 5.48. The minimum absolute atomic E-state index is 0.174. The summed E-state index contributed by atoms with van der Waals surface area (Å²) in [5, 5.41) is 3.70. The summed E-state index contributed by atoms with van der Waals surface area (Å²) < 4.78 is 15.4. The number of anilines is 1. The van der Waals surface area contributed by atoms with Crippen LogP contribution in [0.15, 0.2) is 28.8 Å². The first kappa shape index (κ1) is 10.4. The maximum atomic E-state index is 5.57. The SMILES string of the molecule is COc1ccc(Oc2c(C)noc2N)cc1. The van der Waals surface area contributed by atoms with Crippen molar-refractivity contribution in [3.8, 4) is 17.2 Å². The first-order valence-electron chi connectivity index (χ1n) is 4.74. The second kappa shape index (κ2) is 4.14. The number of ether oxygens (including phenoxy) is 2. The molecule has 0 atom stereocenters. The summed E-state index contributed by atoms with van der Waals surface area (Å²) >= 11 is 0. The molecule has 1 aromatic heterocycles. The topological polar surface area (TPSA) is 70.5 Å². The monoisotopic (exact) mass is 220 g/mol. The molecule has 0 aliphatic heterocycles. The predicted octanol–water partition coefficient (Wildman–Crippen LogP) is 2.37. The normalized spacial score (nSPS) is 10.1. The summed E-state index contributed by atoms with van der Waals surface area (Å²) in [4.78, 5) is 0. The average Bonchev–Trinajstić information content (AvgIpc) is 2.62. The van der Waals surface area contributed by atoms with E-state index in [1.807, 2.05) is 0 Å². The van der Waals surface area contributed by atoms with Gasteiger partial charge in [0, 0.05) is 0 Å². The third kappa shape index (κ3) is 1.93. The van der Waals surface area contributed by atoms with Gasteiger partial charge in [0.05, 0.1) is 7.11 Å². The number of benzene rings is 1. The molecule has 0 fully saturated rings. The molecule has 2 N–H and O–H groups in total. The number of hydrogen-bond acceptors (Lipinski definition) is 5. The van der Waals surface area contributed by atoms with Gasteiger partial charge in [-0.15, -0.1) is 0 Å². The molecule has 0 aliphatic rings. The van der Waals surface area contributed by atoms with Crippen molar-refractivity contribution in [1.29, 1.82) is 0 Å². The van der Waals surface area contributed by atoms with Crippen LogP contribution < -0.4 is 15.2 Å². The fraction of sp³-hybridized carbons (Fsp3) is 0.182. The molecule has 0 bridgehead atoms. The third-order valence-corrected chi connectivity index (χ3v) is 2.11. The minimum Gasteiger partial charge on any atom is -0.497 e. The summed E-state index contributed by atoms with van der Waals surface area (Å²) in [5.74, 6) is 2.04. The molecule has 2 rings (SSSR count). The Morgan fingerprint density at radius 2 is 1.81 bits per heavy atom. The molecule has 0 aliphatic carbocycles. The number of hydrogen-bond donors (Lipinski definition) is 1. The van der Waals surface area contributed by atoms with Crippen LogP contribution in [0.25, 0.3) is 0 Å². The van der Waals surface area contributed by atoms with Crippen molar-refractivity contribution in [3.63, 3.8) is 0 Å². The van der Waals surface area contributed by atoms with E-state index < -0.39 is 0 Å². The number of aromatic nitrogens is 1. The predicted molar refractivity (Wildman–Crippen MR) is 58.7 cm³/mol. The third-order valence-electron chi connectivity index (χ3n) is 2.11. The lowest BCUT2D eigenvalue weighted by Crippen LogP contribution is -1.90. The van der Waals surface area contributed by atoms with Crippen LogP contribution in [0.5, 0.6) is 17.2 Å². The van der Waals surface area contributed by atoms with Gasteiger partial charge in [0.2, 0.25) is 5.75 Å². The van der Waals surface area contributed by atoms with Crippen LogP contribution in [0.2, 0.25) is 0 Å². The second-order valence-corrected chi connectivity index (χ2v) is 3.24. The van der Waals surface area contributed by atoms with Gasteiger partial charge in [0.15, 0.2) is 0 Å². The lowest BCUT2D eigenvalue weighted by molar-refractivity contribution is 0.412. The number of methoxy groups -OCH3 is 1. The van der Waals surface area contributed by atoms with Gasteiger partial charge in [-0.3, -0.25) is 0 Å². The highest BCUT2D eigenvalue weighted by Gasteiger charge is 2.12. The maximum absolute atomic E-state index is 5.57. The molecule has 84 valence electrons. The van der Waals surface area contributed by atoms with Crippen molar-refractivity contribution in [2.24, 2.45) is 0 Å². The maximum Gasteiger partial charge on any atom is 0.265 e. The molecule has 0 radical (unpaired) electrons. The summed E-state index contributed by atoms with van der Waals surface area (Å²) in [6, 6.07) is 7.16. The molecular formula is C11H12N2O3. The number of nitrogens with two attached hydrogens (primary N) is 1. The van der Waals surface area contributed by atoms with E-state index in [0.717, 1.165) is 5.75 Å². The fourth-order valence-electron chi connectivity index (χ4n) is 1.26. The van der Waals surface area contributed by atoms with Crippen LogP contribution in [0.1, 0.15) is 5.69 Å². The molecule has 0 saturated heterocycles. The van der Waals surface area contributed by atoms with Crippen LogP contribution in [0.4, 0.5) is 5.88 Å². The first-order valence-corrected chi connectivity index (χ1v) is 4.74. The second-order valence-electron chi connectivity index (χ2n) is 3.24. The van der Waals surface area contributed by atoms with Gasteiger partial charge in [0.1, 0.15) is 17.2 Å². The van der Waals surface area contributed by atoms with Crippen molar-refractivity contribution >= 4 is 5.88 Å². The summed E-state index contributed by atoms with van der Waals surface area (Å²) in [7, 11) is 1.61. The van der Waals surface area contributed by atoms with Crippen LogP contribution in [-0.4, -0.2) is 12.3 Å². The van der Waals surface area contributed by atoms with Gasteiger partial charge < -0.3 is 19.7 Å². The standard InChI is InChI=1S/C11H12N2O3/c1-7-10(11(12)16-13-7)15-9-5-3-8(14-2)4-6-9/h3-6H,12H2,1-2H3. The Morgan fingerprint density at radius 1 is 1.19 bits per heavy atom. The van der Waals surface area contributed by atoms with Crippen LogP contribution in [0.3, 0.4) is 0 Å². The summed E-state index contributed by atoms with van der Waals surface area (Å²) in [5.41, 5.74) is 6.19. The number of rotatable bonds is 3. The summed E-state index contributed by atoms with van der Waals surface area (Å²) in [6.07, 6.45) is 0. The van der Waals surface area contributed by atoms with Crippen LogP contribution in [0, 0.1) is 6.92 Å². The van der Waals surface area contributed by atoms with Gasteiger partial charge in [0.25, 0.3) is 5.88 Å². The zero-order valence-electron chi connectivity index (χ0n) is 9.06. The Labute approximate surface area is 92.8 Å². The van der Waals surface area contributed by atoms with Gasteiger partial charge in [-0.05, 0) is 31.2 Å². The average molecular weight is 220 g/mol. The van der Waals surface area contributed by atoms with E-state index in [0.29, 0.717) is 17.2 Å². The molecule has 5 nitrogen and oxygen atoms in total. The molecule has 16 heavy (non-hydrogen) atoms. The van der Waals surface area contributed by atoms with E-state index in [1.165, 1.54) is 0 Å². The van der Waals surface area contributed by atoms with Gasteiger partial charge >= 0.3 is 0 Å². The van der Waals surface area contributed by atoms with Crippen LogP contribution >= 0.6 is 0 Å². The molecule has 0 spiro atoms. The molecule has 1 aromatic carbocycles. The quantitative estimate of drug-likeness (QED) is 0.859. The smallest absolute Gasteiger partial charge is 0.265 e. The van der Waals surface area contributed by atoms with Crippen LogP contribution in [-0.2, 0) is 0 Å². The Bertz CT molecular complexity index is 457. The largest absolute Gasteiger partial charge is 0.497 e. The van der Waals surface area contributed by atoms with Crippen molar-refractivity contribution in [2.45, 2.75) is 6.92 Å². The van der Waals surface area contributed by atoms with Gasteiger partial charge in [-0.1, -0.05) is 5.16 Å². The highest BCUT2D eigenvalue weighted by atomic mass is 16.5. The van der Waals surface area contributed by atoms with E-state index in [9.17, 15) is 0 Å². The molecule has 5 heteroatoms. The molecule has 0 amide bonds. The Balaban J connectivity index is 2.20. The van der Waals surface area contributed by atoms with E-state index in [2.05, 4.69) is 5.16 Å². The highest BCUT2D eigenvalue weighted by Crippen LogP contribution is 2.31. The number of nitrogens with zero attached hydrogens (tertiary/aromatic N) is 1. The Kier molecular flexibility index (Phi) is 2.68. The van der Waals surface area contributed by atoms with Gasteiger partial charge in [-0.25, -0.2) is 0 Å². The minimum atomic E-state index is 0.174. The van der Waals surface area contributed by atoms with E-state index in [-0.39, 0.29) is 5.88 Å². The van der Waals surface area contributed by atoms with Crippen molar-refractivity contribution in [2.75, 3.05) is 12.8 Å². The lowest BCUT2D eigenvalue weighted by Gasteiger charge is -2.05. The van der Waals surface area contributed by atoms with E-state index in [1.54, 1.807) is 38.3 Å². The van der Waals surface area contributed by atoms with Crippen molar-refractivity contribution in [1.82, 2.24) is 5.16 Å². The lowest BCUT2D eigenvalue weighted by atomic mass is 10.3. The fourth-order valence-corrected chi connectivity index (χ4v) is 1.26. The zero-order valence-corrected chi connectivity index (χ0v) is 9.06. The number of nitrogen functional groups attached to an aromatic ring is 1. The summed E-state index contributed by atoms with van der Waals surface area (Å²) in [6.45, 7) is 1.76. The van der Waals surface area contributed by atoms with Crippen molar-refractivity contribution in [3.05, 3.63) is 30.0 Å². The van der Waals surface area contributed by atoms with Crippen molar-refractivity contribution < 1.29 is 14.0 Å². The Hall–Kier alpha value is -2.17. The van der Waals surface area contributed by atoms with E-state index >= 15 is 0 Å². The van der Waals surface area contributed by atoms with Gasteiger partial charge in [-0.2, -0.15) is 0 Å². The van der Waals surface area contributed by atoms with E-state index in [4.69, 9.17) is 19.7 Å². The molecule has 2 aromatic rings. The molecule has 0 unspecified atom stereocenters. The molecule has 0 saturated carbocycles. The molecule has 1 heterocycles. The number of aryl methyl sites for hydroxylation is 1. The Morgan fingerprint density at radius 3 is 2.31 bits per heavy atom. The zero-order chi connectivity index (χ0) is 11.5.